The number of rotatable bonds is 10. The molecule has 1 saturated heterocycles. The lowest BCUT2D eigenvalue weighted by Crippen LogP contribution is -2.58. The summed E-state index contributed by atoms with van der Waals surface area (Å²) in [6, 6.07) is 4.50. The van der Waals surface area contributed by atoms with E-state index in [1.165, 1.54) is 11.0 Å². The molecule has 4 rings (SSSR count). The zero-order chi connectivity index (χ0) is 33.8. The van der Waals surface area contributed by atoms with Crippen molar-refractivity contribution in [3.63, 3.8) is 0 Å². The van der Waals surface area contributed by atoms with Gasteiger partial charge in [-0.25, -0.2) is 0 Å². The summed E-state index contributed by atoms with van der Waals surface area (Å²) < 4.78 is 17.8. The van der Waals surface area contributed by atoms with Crippen molar-refractivity contribution < 1.29 is 38.2 Å². The van der Waals surface area contributed by atoms with Gasteiger partial charge < -0.3 is 35.1 Å². The zero-order valence-electron chi connectivity index (χ0n) is 27.7. The number of ether oxygens (including phenoxy) is 3. The average molecular weight is 655 g/mol. The van der Waals surface area contributed by atoms with Crippen molar-refractivity contribution in [3.8, 4) is 5.75 Å². The van der Waals surface area contributed by atoms with Gasteiger partial charge in [-0.15, -0.1) is 6.58 Å². The summed E-state index contributed by atoms with van der Waals surface area (Å²) in [5.74, 6) is -2.19. The fraction of sp³-hybridized carbons (Fsp3) is 0.629. The number of amides is 4. The van der Waals surface area contributed by atoms with Crippen molar-refractivity contribution in [1.29, 1.82) is 0 Å². The number of methoxy groups -OCH3 is 1. The van der Waals surface area contributed by atoms with Crippen LogP contribution < -0.4 is 20.7 Å². The average Bonchev–Trinajstić information content (AvgIpc) is 3.50. The van der Waals surface area contributed by atoms with Crippen LogP contribution in [0.3, 0.4) is 0 Å². The van der Waals surface area contributed by atoms with Gasteiger partial charge in [-0.1, -0.05) is 50.8 Å². The van der Waals surface area contributed by atoms with Crippen molar-refractivity contribution in [2.45, 2.75) is 108 Å². The molecule has 2 unspecified atom stereocenters. The number of hydrogen-bond donors (Lipinski definition) is 3. The van der Waals surface area contributed by atoms with E-state index >= 15 is 0 Å². The quantitative estimate of drug-likeness (QED) is 0.257. The summed E-state index contributed by atoms with van der Waals surface area (Å²) in [6.45, 7) is 6.05. The van der Waals surface area contributed by atoms with E-state index in [0.717, 1.165) is 37.7 Å². The predicted molar refractivity (Wildman–Crippen MR) is 174 cm³/mol. The topological polar surface area (TPSA) is 152 Å². The van der Waals surface area contributed by atoms with Crippen LogP contribution in [-0.2, 0) is 39.9 Å². The lowest BCUT2D eigenvalue weighted by Gasteiger charge is -2.35. The summed E-state index contributed by atoms with van der Waals surface area (Å²) in [4.78, 5) is 68.8. The molecule has 2 fully saturated rings. The van der Waals surface area contributed by atoms with E-state index in [9.17, 15) is 24.0 Å². The van der Waals surface area contributed by atoms with E-state index in [0.29, 0.717) is 31.6 Å². The molecule has 5 atom stereocenters. The first-order chi connectivity index (χ1) is 22.7. The summed E-state index contributed by atoms with van der Waals surface area (Å²) in [5.41, 5.74) is 0.763. The highest BCUT2D eigenvalue weighted by Crippen LogP contribution is 2.31. The molecule has 0 aromatic heterocycles. The molecular weight excluding hydrogens is 604 g/mol. The minimum atomic E-state index is -1.06. The molecule has 258 valence electrons. The minimum absolute atomic E-state index is 0.0732. The number of carbonyl (C=O) groups excluding carboxylic acids is 5. The molecule has 3 aliphatic rings. The van der Waals surface area contributed by atoms with Gasteiger partial charge >= 0.3 is 0 Å². The molecule has 2 aliphatic heterocycles. The number of hydrogen-bond acceptors (Lipinski definition) is 8. The molecular formula is C35H50N4O8. The van der Waals surface area contributed by atoms with E-state index < -0.39 is 48.1 Å². The molecule has 12 heteroatoms. The largest absolute Gasteiger partial charge is 0.494 e. The zero-order valence-corrected chi connectivity index (χ0v) is 27.7. The van der Waals surface area contributed by atoms with Crippen LogP contribution in [0.4, 0.5) is 0 Å². The molecule has 1 saturated carbocycles. The maximum absolute atomic E-state index is 14.5. The number of carbonyl (C=O) groups is 5. The van der Waals surface area contributed by atoms with Crippen LogP contribution in [0.15, 0.2) is 36.9 Å². The Bertz CT molecular complexity index is 1270. The normalized spacial score (nSPS) is 25.1. The van der Waals surface area contributed by atoms with Crippen molar-refractivity contribution >= 4 is 29.4 Å². The Morgan fingerprint density at radius 2 is 1.94 bits per heavy atom. The highest BCUT2D eigenvalue weighted by atomic mass is 16.7. The minimum Gasteiger partial charge on any atom is -0.494 e. The third-order valence-electron chi connectivity index (χ3n) is 9.12. The SMILES string of the molecule is C=CCNC(=O)C(=O)C(CCC)NC(=O)[C@@H]1C[C@@H]2CN1C(=O)[C@@H](C1CCCCC1)NC(=O)Cc1cccc(c1)OCCCC(OC)O2. The molecule has 1 aromatic rings. The van der Waals surface area contributed by atoms with Crippen LogP contribution in [0, 0.1) is 5.92 Å². The monoisotopic (exact) mass is 654 g/mol. The number of fused-ring (bicyclic) bond motifs is 4. The van der Waals surface area contributed by atoms with Gasteiger partial charge in [0.25, 0.3) is 5.91 Å². The first kappa shape index (κ1) is 36.1. The molecule has 4 amide bonds. The fourth-order valence-electron chi connectivity index (χ4n) is 6.70. The molecule has 3 N–H and O–H groups in total. The van der Waals surface area contributed by atoms with E-state index in [1.54, 1.807) is 7.11 Å². The van der Waals surface area contributed by atoms with Crippen LogP contribution in [0.2, 0.25) is 0 Å². The number of Topliss-reactive ketones (excluding diaryl/α,β-unsaturated/α-hetero) is 1. The van der Waals surface area contributed by atoms with Gasteiger partial charge in [0.05, 0.1) is 25.2 Å². The molecule has 47 heavy (non-hydrogen) atoms. The number of nitrogens with zero attached hydrogens (tertiary/aromatic N) is 1. The lowest BCUT2D eigenvalue weighted by molar-refractivity contribution is -0.158. The summed E-state index contributed by atoms with van der Waals surface area (Å²) in [7, 11) is 1.55. The summed E-state index contributed by atoms with van der Waals surface area (Å²) in [6.07, 6.45) is 7.04. The Hall–Kier alpha value is -3.77. The van der Waals surface area contributed by atoms with Gasteiger partial charge in [0.15, 0.2) is 6.29 Å². The standard InChI is InChI=1S/C35H50N4O8/c1-4-11-27(32(41)34(43)36-17-5-2)37-33(42)28-21-26-22-39(28)35(44)31(24-13-7-6-8-14-24)38-29(40)20-23-12-9-15-25(19-23)46-18-10-16-30(45-3)47-26/h5,9,12,15,19,24,26-28,30-31H,2,4,6-8,10-11,13-14,16-18,20-22H2,1,3H3,(H,36,43)(H,37,42)(H,38,40)/t26-,27?,28+,30?,31-/m1/s1. The van der Waals surface area contributed by atoms with Crippen molar-refractivity contribution in [2.24, 2.45) is 5.92 Å². The smallest absolute Gasteiger partial charge is 0.289 e. The Labute approximate surface area is 277 Å². The maximum atomic E-state index is 14.5. The van der Waals surface area contributed by atoms with Gasteiger partial charge in [-0.3, -0.25) is 24.0 Å². The van der Waals surface area contributed by atoms with Crippen LogP contribution >= 0.6 is 0 Å². The Kier molecular flexibility index (Phi) is 13.8. The van der Waals surface area contributed by atoms with Crippen LogP contribution in [-0.4, -0.2) is 91.6 Å². The van der Waals surface area contributed by atoms with Gasteiger partial charge in [0.1, 0.15) is 17.8 Å². The van der Waals surface area contributed by atoms with E-state index in [1.807, 2.05) is 31.2 Å². The lowest BCUT2D eigenvalue weighted by atomic mass is 9.83. The van der Waals surface area contributed by atoms with Gasteiger partial charge in [0, 0.05) is 33.0 Å². The Balaban J connectivity index is 1.63. The van der Waals surface area contributed by atoms with E-state index in [-0.39, 0.29) is 50.1 Å². The van der Waals surface area contributed by atoms with E-state index in [4.69, 9.17) is 14.2 Å². The second kappa shape index (κ2) is 18.0. The highest BCUT2D eigenvalue weighted by molar-refractivity contribution is 6.38. The van der Waals surface area contributed by atoms with Crippen LogP contribution in [0.25, 0.3) is 0 Å². The second-order valence-electron chi connectivity index (χ2n) is 12.6. The predicted octanol–water partition coefficient (Wildman–Crippen LogP) is 2.58. The fourth-order valence-corrected chi connectivity index (χ4v) is 6.70. The molecule has 12 nitrogen and oxygen atoms in total. The number of ketones is 1. The van der Waals surface area contributed by atoms with Gasteiger partial charge in [-0.05, 0) is 49.3 Å². The molecule has 0 radical (unpaired) electrons. The third kappa shape index (κ3) is 10.1. The first-order valence-electron chi connectivity index (χ1n) is 17.0. The second-order valence-corrected chi connectivity index (χ2v) is 12.6. The highest BCUT2D eigenvalue weighted by Gasteiger charge is 2.45. The Morgan fingerprint density at radius 3 is 2.66 bits per heavy atom. The van der Waals surface area contributed by atoms with Crippen LogP contribution in [0.5, 0.6) is 5.75 Å². The number of nitrogens with one attached hydrogen (secondary N) is 3. The summed E-state index contributed by atoms with van der Waals surface area (Å²) in [5, 5.41) is 8.27. The van der Waals surface area contributed by atoms with Crippen LogP contribution in [0.1, 0.15) is 76.7 Å². The molecule has 4 bridgehead atoms. The van der Waals surface area contributed by atoms with Crippen molar-refractivity contribution in [2.75, 3.05) is 26.8 Å². The number of benzene rings is 1. The molecule has 0 spiro atoms. The third-order valence-corrected chi connectivity index (χ3v) is 9.12. The van der Waals surface area contributed by atoms with E-state index in [2.05, 4.69) is 22.5 Å². The Morgan fingerprint density at radius 1 is 1.15 bits per heavy atom. The van der Waals surface area contributed by atoms with Gasteiger partial charge in [-0.2, -0.15) is 0 Å². The molecule has 1 aromatic carbocycles. The maximum Gasteiger partial charge on any atom is 0.289 e. The van der Waals surface area contributed by atoms with Crippen molar-refractivity contribution in [3.05, 3.63) is 42.5 Å². The summed E-state index contributed by atoms with van der Waals surface area (Å²) >= 11 is 0. The van der Waals surface area contributed by atoms with Gasteiger partial charge in [0.2, 0.25) is 23.5 Å². The molecule has 1 aliphatic carbocycles. The molecule has 2 heterocycles. The van der Waals surface area contributed by atoms with Crippen molar-refractivity contribution in [1.82, 2.24) is 20.9 Å². The first-order valence-corrected chi connectivity index (χ1v) is 17.0.